The minimum atomic E-state index is -0.419. The van der Waals surface area contributed by atoms with E-state index in [1.54, 1.807) is 24.3 Å². The smallest absolute Gasteiger partial charge is 0.275 e. The summed E-state index contributed by atoms with van der Waals surface area (Å²) >= 11 is 3.38. The number of phenolic OH excluding ortho intramolecular Hbond substituents is 1. The second kappa shape index (κ2) is 10.4. The number of para-hydroxylation sites is 1. The van der Waals surface area contributed by atoms with Crippen molar-refractivity contribution < 1.29 is 14.6 Å². The van der Waals surface area contributed by atoms with Gasteiger partial charge < -0.3 is 9.84 Å². The SMILES string of the molecule is C=CCc1cccc(/C=N\NC(=O)c2cc(Br)ccc2OCc2ccccc2)c1O. The Morgan fingerprint density at radius 3 is 2.70 bits per heavy atom. The van der Waals surface area contributed by atoms with Crippen LogP contribution in [0.4, 0.5) is 0 Å². The van der Waals surface area contributed by atoms with Crippen molar-refractivity contribution in [3.05, 3.63) is 106 Å². The fourth-order valence-corrected chi connectivity index (χ4v) is 3.16. The summed E-state index contributed by atoms with van der Waals surface area (Å²) in [7, 11) is 0. The van der Waals surface area contributed by atoms with Crippen LogP contribution in [0.25, 0.3) is 0 Å². The predicted octanol–water partition coefficient (Wildman–Crippen LogP) is 5.23. The molecule has 1 amide bonds. The molecular formula is C24H21BrN2O3. The van der Waals surface area contributed by atoms with Crippen LogP contribution in [-0.4, -0.2) is 17.2 Å². The van der Waals surface area contributed by atoms with Gasteiger partial charge in [-0.15, -0.1) is 6.58 Å². The van der Waals surface area contributed by atoms with Gasteiger partial charge in [0.05, 0.1) is 11.8 Å². The number of halogens is 1. The molecule has 0 aliphatic carbocycles. The second-order valence-corrected chi connectivity index (χ2v) is 7.38. The van der Waals surface area contributed by atoms with Crippen LogP contribution in [-0.2, 0) is 13.0 Å². The fourth-order valence-electron chi connectivity index (χ4n) is 2.80. The Bertz CT molecular complexity index is 1070. The average Bonchev–Trinajstić information content (AvgIpc) is 2.76. The number of nitrogens with zero attached hydrogens (tertiary/aromatic N) is 1. The lowest BCUT2D eigenvalue weighted by Gasteiger charge is -2.11. The maximum atomic E-state index is 12.7. The van der Waals surface area contributed by atoms with Gasteiger partial charge in [0.15, 0.2) is 0 Å². The highest BCUT2D eigenvalue weighted by molar-refractivity contribution is 9.10. The number of allylic oxidation sites excluding steroid dienone is 1. The number of benzene rings is 3. The molecule has 152 valence electrons. The van der Waals surface area contributed by atoms with E-state index in [9.17, 15) is 9.90 Å². The van der Waals surface area contributed by atoms with Gasteiger partial charge in [0.2, 0.25) is 0 Å². The zero-order chi connectivity index (χ0) is 21.3. The van der Waals surface area contributed by atoms with Gasteiger partial charge in [-0.1, -0.05) is 64.5 Å². The van der Waals surface area contributed by atoms with E-state index in [-0.39, 0.29) is 5.75 Å². The zero-order valence-electron chi connectivity index (χ0n) is 16.2. The molecule has 0 saturated heterocycles. The number of hydrogen-bond donors (Lipinski definition) is 2. The van der Waals surface area contributed by atoms with Gasteiger partial charge in [0.1, 0.15) is 18.1 Å². The number of amides is 1. The number of carbonyl (C=O) groups is 1. The van der Waals surface area contributed by atoms with E-state index >= 15 is 0 Å². The van der Waals surface area contributed by atoms with Crippen molar-refractivity contribution in [2.24, 2.45) is 5.10 Å². The number of phenols is 1. The summed E-state index contributed by atoms with van der Waals surface area (Å²) in [5.41, 5.74) is 5.08. The van der Waals surface area contributed by atoms with Gasteiger partial charge >= 0.3 is 0 Å². The first-order valence-corrected chi connectivity index (χ1v) is 10.1. The Hall–Kier alpha value is -3.38. The molecule has 30 heavy (non-hydrogen) atoms. The Morgan fingerprint density at radius 2 is 1.93 bits per heavy atom. The summed E-state index contributed by atoms with van der Waals surface area (Å²) in [6.45, 7) is 4.02. The predicted molar refractivity (Wildman–Crippen MR) is 122 cm³/mol. The fraction of sp³-hybridized carbons (Fsp3) is 0.0833. The molecule has 0 saturated carbocycles. The topological polar surface area (TPSA) is 70.9 Å². The van der Waals surface area contributed by atoms with Crippen LogP contribution in [0.5, 0.6) is 11.5 Å². The maximum Gasteiger partial charge on any atom is 0.275 e. The van der Waals surface area contributed by atoms with Crippen molar-refractivity contribution in [2.75, 3.05) is 0 Å². The van der Waals surface area contributed by atoms with Crippen molar-refractivity contribution in [1.82, 2.24) is 5.43 Å². The van der Waals surface area contributed by atoms with Crippen LogP contribution in [0, 0.1) is 0 Å². The van der Waals surface area contributed by atoms with Crippen molar-refractivity contribution in [1.29, 1.82) is 0 Å². The Morgan fingerprint density at radius 1 is 1.13 bits per heavy atom. The first-order valence-electron chi connectivity index (χ1n) is 9.30. The molecule has 0 unspecified atom stereocenters. The van der Waals surface area contributed by atoms with Crippen LogP contribution >= 0.6 is 15.9 Å². The highest BCUT2D eigenvalue weighted by atomic mass is 79.9. The van der Waals surface area contributed by atoms with Crippen molar-refractivity contribution in [3.8, 4) is 11.5 Å². The molecular weight excluding hydrogens is 444 g/mol. The van der Waals surface area contributed by atoms with Gasteiger partial charge in [0.25, 0.3) is 5.91 Å². The van der Waals surface area contributed by atoms with Gasteiger partial charge in [-0.05, 0) is 41.8 Å². The molecule has 0 radical (unpaired) electrons. The van der Waals surface area contributed by atoms with Crippen LogP contribution in [0.2, 0.25) is 0 Å². The number of carbonyl (C=O) groups excluding carboxylic acids is 1. The van der Waals surface area contributed by atoms with Gasteiger partial charge in [-0.25, -0.2) is 5.43 Å². The Labute approximate surface area is 183 Å². The van der Waals surface area contributed by atoms with Crippen molar-refractivity contribution in [2.45, 2.75) is 13.0 Å². The normalized spacial score (nSPS) is 10.7. The molecule has 3 aromatic carbocycles. The third kappa shape index (κ3) is 5.58. The van der Waals surface area contributed by atoms with Crippen LogP contribution < -0.4 is 10.2 Å². The highest BCUT2D eigenvalue weighted by Gasteiger charge is 2.13. The summed E-state index contributed by atoms with van der Waals surface area (Å²) in [5.74, 6) is 0.146. The van der Waals surface area contributed by atoms with Crippen molar-refractivity contribution >= 4 is 28.1 Å². The third-order valence-corrected chi connectivity index (χ3v) is 4.80. The quantitative estimate of drug-likeness (QED) is 0.272. The highest BCUT2D eigenvalue weighted by Crippen LogP contribution is 2.25. The molecule has 2 N–H and O–H groups in total. The van der Waals surface area contributed by atoms with Crippen LogP contribution in [0.1, 0.15) is 27.0 Å². The molecule has 3 aromatic rings. The van der Waals surface area contributed by atoms with E-state index in [1.165, 1.54) is 6.21 Å². The maximum absolute atomic E-state index is 12.7. The molecule has 6 heteroatoms. The minimum Gasteiger partial charge on any atom is -0.507 e. The first kappa shape index (κ1) is 21.3. The van der Waals surface area contributed by atoms with Gasteiger partial charge in [-0.2, -0.15) is 5.10 Å². The number of aromatic hydroxyl groups is 1. The molecule has 0 aromatic heterocycles. The van der Waals surface area contributed by atoms with E-state index in [4.69, 9.17) is 4.74 Å². The van der Waals surface area contributed by atoms with Gasteiger partial charge in [0, 0.05) is 10.0 Å². The Balaban J connectivity index is 1.72. The van der Waals surface area contributed by atoms with Crippen LogP contribution in [0.15, 0.2) is 89.0 Å². The molecule has 0 aliphatic rings. The number of hydrazone groups is 1. The molecule has 0 aliphatic heterocycles. The van der Waals surface area contributed by atoms with Gasteiger partial charge in [-0.3, -0.25) is 4.79 Å². The summed E-state index contributed by atoms with van der Waals surface area (Å²) in [6, 6.07) is 20.3. The molecule has 0 spiro atoms. The standard InChI is InChI=1S/C24H21BrN2O3/c1-2-7-18-10-6-11-19(23(18)28)15-26-27-24(29)21-14-20(25)12-13-22(21)30-16-17-8-4-3-5-9-17/h2-6,8-15,28H,1,7,16H2,(H,27,29)/b26-15-. The number of rotatable bonds is 8. The van der Waals surface area contributed by atoms with E-state index in [0.29, 0.717) is 29.9 Å². The van der Waals surface area contributed by atoms with Crippen LogP contribution in [0.3, 0.4) is 0 Å². The molecule has 5 nitrogen and oxygen atoms in total. The summed E-state index contributed by atoms with van der Waals surface area (Å²) in [5, 5.41) is 14.3. The van der Waals surface area contributed by atoms with E-state index in [0.717, 1.165) is 15.6 Å². The van der Waals surface area contributed by atoms with Crippen molar-refractivity contribution in [3.63, 3.8) is 0 Å². The summed E-state index contributed by atoms with van der Waals surface area (Å²) in [4.78, 5) is 12.7. The molecule has 0 heterocycles. The number of nitrogens with one attached hydrogen (secondary N) is 1. The minimum absolute atomic E-state index is 0.115. The number of ether oxygens (including phenoxy) is 1. The molecule has 3 rings (SSSR count). The van der Waals surface area contributed by atoms with E-state index in [2.05, 4.69) is 33.0 Å². The molecule has 0 fully saturated rings. The monoisotopic (exact) mass is 464 g/mol. The first-order chi connectivity index (χ1) is 14.6. The zero-order valence-corrected chi connectivity index (χ0v) is 17.8. The second-order valence-electron chi connectivity index (χ2n) is 6.46. The average molecular weight is 465 g/mol. The molecule has 0 atom stereocenters. The van der Waals surface area contributed by atoms with E-state index in [1.807, 2.05) is 48.5 Å². The number of hydrogen-bond acceptors (Lipinski definition) is 4. The Kier molecular flexibility index (Phi) is 7.40. The lowest BCUT2D eigenvalue weighted by Crippen LogP contribution is -2.19. The summed E-state index contributed by atoms with van der Waals surface area (Å²) in [6.07, 6.45) is 3.66. The lowest BCUT2D eigenvalue weighted by molar-refractivity contribution is 0.0950. The summed E-state index contributed by atoms with van der Waals surface area (Å²) < 4.78 is 6.59. The van der Waals surface area contributed by atoms with E-state index < -0.39 is 5.91 Å². The third-order valence-electron chi connectivity index (χ3n) is 4.31. The lowest BCUT2D eigenvalue weighted by atomic mass is 10.1. The molecule has 0 bridgehead atoms. The largest absolute Gasteiger partial charge is 0.507 e.